The molecule has 2 aromatic carbocycles. The van der Waals surface area contributed by atoms with E-state index in [1.54, 1.807) is 18.2 Å². The molecule has 2 rings (SSSR count). The number of hydrogen-bond donors (Lipinski definition) is 5. The maximum absolute atomic E-state index is 10.4. The Bertz CT molecular complexity index is 711. The van der Waals surface area contributed by atoms with Crippen LogP contribution in [0.4, 0.5) is 5.69 Å². The predicted molar refractivity (Wildman–Crippen MR) is 107 cm³/mol. The van der Waals surface area contributed by atoms with Crippen molar-refractivity contribution in [1.29, 1.82) is 0 Å². The largest absolute Gasteiger partial charge is 0.506 e. The van der Waals surface area contributed by atoms with Crippen molar-refractivity contribution >= 4 is 5.69 Å². The van der Waals surface area contributed by atoms with E-state index >= 15 is 0 Å². The van der Waals surface area contributed by atoms with Crippen molar-refractivity contribution in [1.82, 2.24) is 5.32 Å². The molecule has 2 aromatic rings. The summed E-state index contributed by atoms with van der Waals surface area (Å²) in [5.74, 6) is 0.838. The summed E-state index contributed by atoms with van der Waals surface area (Å²) in [6.45, 7) is 7.34. The van der Waals surface area contributed by atoms with Crippen LogP contribution in [0.5, 0.6) is 11.5 Å². The molecule has 0 fully saturated rings. The first-order valence-corrected chi connectivity index (χ1v) is 9.11. The van der Waals surface area contributed by atoms with E-state index in [1.807, 2.05) is 45.0 Å². The van der Waals surface area contributed by atoms with Gasteiger partial charge in [0.05, 0.1) is 18.4 Å². The Morgan fingerprint density at radius 1 is 1.07 bits per heavy atom. The summed E-state index contributed by atoms with van der Waals surface area (Å²) in [6, 6.07) is 12.6. The summed E-state index contributed by atoms with van der Waals surface area (Å²) in [5.41, 5.74) is 2.25. The molecule has 0 saturated carbocycles. The second kappa shape index (κ2) is 9.60. The van der Waals surface area contributed by atoms with Crippen LogP contribution in [-0.2, 0) is 6.54 Å². The van der Waals surface area contributed by atoms with Gasteiger partial charge in [-0.3, -0.25) is 0 Å². The van der Waals surface area contributed by atoms with Crippen LogP contribution < -0.4 is 15.4 Å². The summed E-state index contributed by atoms with van der Waals surface area (Å²) < 4.78 is 5.34. The third-order valence-electron chi connectivity index (χ3n) is 4.00. The monoisotopic (exact) mass is 374 g/mol. The molecule has 0 aliphatic rings. The number of anilines is 1. The average Bonchev–Trinajstić information content (AvgIpc) is 2.64. The van der Waals surface area contributed by atoms with Crippen LogP contribution in [0.3, 0.4) is 0 Å². The summed E-state index contributed by atoms with van der Waals surface area (Å²) in [4.78, 5) is 0. The maximum atomic E-state index is 10.4. The first-order chi connectivity index (χ1) is 12.8. The smallest absolute Gasteiger partial charge is 0.138 e. The Morgan fingerprint density at radius 2 is 1.78 bits per heavy atom. The van der Waals surface area contributed by atoms with E-state index in [0.29, 0.717) is 24.5 Å². The van der Waals surface area contributed by atoms with Gasteiger partial charge in [-0.25, -0.2) is 0 Å². The van der Waals surface area contributed by atoms with Gasteiger partial charge in [0.25, 0.3) is 0 Å². The van der Waals surface area contributed by atoms with E-state index in [1.165, 1.54) is 0 Å². The van der Waals surface area contributed by atoms with Gasteiger partial charge < -0.3 is 30.7 Å². The molecule has 5 N–H and O–H groups in total. The van der Waals surface area contributed by atoms with E-state index in [-0.39, 0.29) is 24.5 Å². The van der Waals surface area contributed by atoms with E-state index < -0.39 is 6.10 Å². The average molecular weight is 374 g/mol. The van der Waals surface area contributed by atoms with Gasteiger partial charge in [0.2, 0.25) is 0 Å². The molecule has 148 valence electrons. The van der Waals surface area contributed by atoms with Gasteiger partial charge in [0, 0.05) is 18.6 Å². The molecule has 0 bridgehead atoms. The van der Waals surface area contributed by atoms with Gasteiger partial charge in [0.1, 0.15) is 18.1 Å². The van der Waals surface area contributed by atoms with Crippen LogP contribution in [0.2, 0.25) is 0 Å². The molecular weight excluding hydrogens is 344 g/mol. The van der Waals surface area contributed by atoms with Crippen LogP contribution in [0.15, 0.2) is 42.5 Å². The summed E-state index contributed by atoms with van der Waals surface area (Å²) >= 11 is 0. The molecule has 0 aliphatic carbocycles. The molecule has 0 aromatic heterocycles. The zero-order chi connectivity index (χ0) is 19.9. The van der Waals surface area contributed by atoms with Gasteiger partial charge >= 0.3 is 0 Å². The lowest BCUT2D eigenvalue weighted by atomic mass is 10.1. The van der Waals surface area contributed by atoms with E-state index in [9.17, 15) is 10.2 Å². The highest BCUT2D eigenvalue weighted by atomic mass is 16.5. The Balaban J connectivity index is 1.97. The molecule has 0 amide bonds. The number of nitrogens with one attached hydrogen (secondary N) is 2. The molecule has 6 heteroatoms. The quantitative estimate of drug-likeness (QED) is 0.433. The zero-order valence-electron chi connectivity index (χ0n) is 16.2. The van der Waals surface area contributed by atoms with Gasteiger partial charge in [-0.05, 0) is 56.2 Å². The highest BCUT2D eigenvalue weighted by Gasteiger charge is 2.15. The van der Waals surface area contributed by atoms with Crippen LogP contribution in [0.25, 0.3) is 0 Å². The van der Waals surface area contributed by atoms with E-state index in [0.717, 1.165) is 11.1 Å². The summed E-state index contributed by atoms with van der Waals surface area (Å²) in [7, 11) is 0. The van der Waals surface area contributed by atoms with Crippen molar-refractivity contribution < 1.29 is 20.1 Å². The Hall–Kier alpha value is -2.28. The first-order valence-electron chi connectivity index (χ1n) is 9.11. The fourth-order valence-electron chi connectivity index (χ4n) is 2.49. The number of aromatic hydroxyl groups is 1. The van der Waals surface area contributed by atoms with Crippen molar-refractivity contribution in [3.05, 3.63) is 53.6 Å². The highest BCUT2D eigenvalue weighted by molar-refractivity contribution is 5.58. The molecule has 0 spiro atoms. The number of benzene rings is 2. The number of hydrogen-bond acceptors (Lipinski definition) is 6. The lowest BCUT2D eigenvalue weighted by Gasteiger charge is -2.23. The number of phenols is 1. The maximum Gasteiger partial charge on any atom is 0.138 e. The number of phenolic OH excluding ortho intramolecular Hbond substituents is 1. The first kappa shape index (κ1) is 21.0. The minimum absolute atomic E-state index is 0.0178. The zero-order valence-corrected chi connectivity index (χ0v) is 16.2. The molecule has 0 heterocycles. The standard InChI is InChI=1S/C21H30N2O4/c1-21(2,3)23-14-20(26)16-6-9-19(25)18(12-16)22-13-15-4-7-17(8-5-15)27-11-10-24/h4-9,12,20,22-26H,10-11,13-14H2,1-3H3. The topological polar surface area (TPSA) is 94.0 Å². The summed E-state index contributed by atoms with van der Waals surface area (Å²) in [6.07, 6.45) is -0.659. The molecule has 6 nitrogen and oxygen atoms in total. The minimum atomic E-state index is -0.659. The van der Waals surface area contributed by atoms with E-state index in [2.05, 4.69) is 10.6 Å². The third-order valence-corrected chi connectivity index (χ3v) is 4.00. The Morgan fingerprint density at radius 3 is 2.41 bits per heavy atom. The molecule has 0 radical (unpaired) electrons. The minimum Gasteiger partial charge on any atom is -0.506 e. The number of aliphatic hydroxyl groups is 2. The SMILES string of the molecule is CC(C)(C)NCC(O)c1ccc(O)c(NCc2ccc(OCCO)cc2)c1. The summed E-state index contributed by atoms with van der Waals surface area (Å²) in [5, 5.41) is 35.7. The molecular formula is C21H30N2O4. The van der Waals surface area contributed by atoms with Crippen LogP contribution in [-0.4, -0.2) is 40.6 Å². The van der Waals surface area contributed by atoms with Crippen molar-refractivity contribution in [2.75, 3.05) is 25.1 Å². The van der Waals surface area contributed by atoms with Crippen molar-refractivity contribution in [3.8, 4) is 11.5 Å². The molecule has 27 heavy (non-hydrogen) atoms. The third kappa shape index (κ3) is 7.09. The van der Waals surface area contributed by atoms with Crippen molar-refractivity contribution in [2.24, 2.45) is 0 Å². The number of rotatable bonds is 9. The lowest BCUT2D eigenvalue weighted by Crippen LogP contribution is -2.38. The number of β-amino-alcohol motifs (C(OH)–C–C–N with tert-alkyl or cyclic N) is 1. The van der Waals surface area contributed by atoms with Gasteiger partial charge in [-0.1, -0.05) is 18.2 Å². The lowest BCUT2D eigenvalue weighted by molar-refractivity contribution is 0.163. The Kier molecular flexibility index (Phi) is 7.47. The van der Waals surface area contributed by atoms with Gasteiger partial charge in [0.15, 0.2) is 0 Å². The van der Waals surface area contributed by atoms with Crippen LogP contribution >= 0.6 is 0 Å². The molecule has 1 unspecified atom stereocenters. The van der Waals surface area contributed by atoms with Gasteiger partial charge in [-0.2, -0.15) is 0 Å². The molecule has 0 aliphatic heterocycles. The fraction of sp³-hybridized carbons (Fsp3) is 0.429. The van der Waals surface area contributed by atoms with Gasteiger partial charge in [-0.15, -0.1) is 0 Å². The highest BCUT2D eigenvalue weighted by Crippen LogP contribution is 2.28. The predicted octanol–water partition coefficient (Wildman–Crippen LogP) is 2.80. The number of ether oxygens (including phenoxy) is 1. The normalized spacial score (nSPS) is 12.6. The van der Waals surface area contributed by atoms with Crippen molar-refractivity contribution in [3.63, 3.8) is 0 Å². The van der Waals surface area contributed by atoms with Crippen molar-refractivity contribution in [2.45, 2.75) is 39.0 Å². The number of aliphatic hydroxyl groups excluding tert-OH is 2. The Labute approximate surface area is 160 Å². The van der Waals surface area contributed by atoms with Crippen LogP contribution in [0.1, 0.15) is 38.0 Å². The second-order valence-electron chi connectivity index (χ2n) is 7.49. The second-order valence-corrected chi connectivity index (χ2v) is 7.49. The fourth-order valence-corrected chi connectivity index (χ4v) is 2.49. The van der Waals surface area contributed by atoms with E-state index in [4.69, 9.17) is 9.84 Å². The van der Waals surface area contributed by atoms with Crippen LogP contribution in [0, 0.1) is 0 Å². The molecule has 1 atom stereocenters. The molecule has 0 saturated heterocycles.